The van der Waals surface area contributed by atoms with Crippen molar-refractivity contribution in [2.45, 2.75) is 72.1 Å². The van der Waals surface area contributed by atoms with Gasteiger partial charge in [0.05, 0.1) is 13.2 Å². The maximum atomic E-state index is 6.52. The molecule has 0 saturated carbocycles. The van der Waals surface area contributed by atoms with Gasteiger partial charge in [-0.2, -0.15) is 0 Å². The Morgan fingerprint density at radius 2 is 1.62 bits per heavy atom. The van der Waals surface area contributed by atoms with Crippen LogP contribution in [0.5, 0.6) is 0 Å². The maximum absolute atomic E-state index is 6.52. The molecule has 0 atom stereocenters. The predicted octanol–water partition coefficient (Wildman–Crippen LogP) is 4.39. The van der Waals surface area contributed by atoms with E-state index in [1.54, 1.807) is 0 Å². The average Bonchev–Trinajstić information content (AvgIpc) is 2.49. The fourth-order valence-electron chi connectivity index (χ4n) is 3.49. The molecule has 0 spiro atoms. The molecular formula is C20H34O3Si. The summed E-state index contributed by atoms with van der Waals surface area (Å²) in [6, 6.07) is 11.6. The summed E-state index contributed by atoms with van der Waals surface area (Å²) in [5.41, 5.74) is 0.395. The van der Waals surface area contributed by atoms with Crippen LogP contribution in [0.3, 0.4) is 0 Å². The fourth-order valence-corrected chi connectivity index (χ4v) is 7.21. The number of hydrogen-bond acceptors (Lipinski definition) is 3. The summed E-state index contributed by atoms with van der Waals surface area (Å²) in [4.78, 5) is 0. The number of ether oxygens (including phenoxy) is 1. The Hall–Kier alpha value is -0.683. The second-order valence-electron chi connectivity index (χ2n) is 7.65. The SMILES string of the molecule is CCC1(CCC[Si](OC(C)C)(OC(C)C)c2ccccc2)COC1. The van der Waals surface area contributed by atoms with E-state index in [0.29, 0.717) is 5.41 Å². The lowest BCUT2D eigenvalue weighted by molar-refractivity contribution is -0.119. The van der Waals surface area contributed by atoms with Crippen LogP contribution < -0.4 is 5.19 Å². The molecule has 1 fully saturated rings. The van der Waals surface area contributed by atoms with Crippen LogP contribution in [-0.2, 0) is 13.6 Å². The Bertz CT molecular complexity index is 467. The van der Waals surface area contributed by atoms with Gasteiger partial charge >= 0.3 is 8.56 Å². The highest BCUT2D eigenvalue weighted by Crippen LogP contribution is 2.37. The van der Waals surface area contributed by atoms with Crippen LogP contribution >= 0.6 is 0 Å². The monoisotopic (exact) mass is 350 g/mol. The van der Waals surface area contributed by atoms with Crippen LogP contribution in [0.15, 0.2) is 30.3 Å². The summed E-state index contributed by atoms with van der Waals surface area (Å²) in [6.07, 6.45) is 3.87. The van der Waals surface area contributed by atoms with Crippen molar-refractivity contribution < 1.29 is 13.6 Å². The number of benzene rings is 1. The van der Waals surface area contributed by atoms with Crippen molar-refractivity contribution in [3.8, 4) is 0 Å². The molecule has 1 aromatic carbocycles. The second-order valence-corrected chi connectivity index (χ2v) is 10.7. The van der Waals surface area contributed by atoms with Crippen molar-refractivity contribution in [2.75, 3.05) is 13.2 Å². The predicted molar refractivity (Wildman–Crippen MR) is 102 cm³/mol. The normalized spacial score (nSPS) is 17.3. The largest absolute Gasteiger partial charge is 0.388 e. The summed E-state index contributed by atoms with van der Waals surface area (Å²) in [7, 11) is -2.44. The number of hydrogen-bond donors (Lipinski definition) is 0. The Balaban J connectivity index is 2.16. The van der Waals surface area contributed by atoms with Crippen molar-refractivity contribution in [2.24, 2.45) is 5.41 Å². The van der Waals surface area contributed by atoms with Gasteiger partial charge in [-0.1, -0.05) is 43.7 Å². The van der Waals surface area contributed by atoms with E-state index < -0.39 is 8.56 Å². The highest BCUT2D eigenvalue weighted by atomic mass is 28.4. The van der Waals surface area contributed by atoms with Gasteiger partial charge in [0.25, 0.3) is 0 Å². The molecule has 0 unspecified atom stereocenters. The summed E-state index contributed by atoms with van der Waals surface area (Å²) >= 11 is 0. The maximum Gasteiger partial charge on any atom is 0.372 e. The van der Waals surface area contributed by atoms with E-state index in [0.717, 1.165) is 25.7 Å². The molecule has 0 aromatic heterocycles. The molecule has 3 nitrogen and oxygen atoms in total. The van der Waals surface area contributed by atoms with Crippen molar-refractivity contribution in [1.29, 1.82) is 0 Å². The molecule has 0 aliphatic carbocycles. The van der Waals surface area contributed by atoms with Crippen molar-refractivity contribution in [1.82, 2.24) is 0 Å². The van der Waals surface area contributed by atoms with Crippen LogP contribution in [0.2, 0.25) is 6.04 Å². The fraction of sp³-hybridized carbons (Fsp3) is 0.700. The van der Waals surface area contributed by atoms with Crippen molar-refractivity contribution in [3.63, 3.8) is 0 Å². The Kier molecular flexibility index (Phi) is 7.05. The zero-order chi connectivity index (χ0) is 17.6. The smallest absolute Gasteiger partial charge is 0.372 e. The van der Waals surface area contributed by atoms with Gasteiger partial charge in [0.1, 0.15) is 0 Å². The van der Waals surface area contributed by atoms with Gasteiger partial charge in [-0.3, -0.25) is 0 Å². The van der Waals surface area contributed by atoms with Crippen LogP contribution in [-0.4, -0.2) is 34.0 Å². The quantitative estimate of drug-likeness (QED) is 0.586. The Morgan fingerprint density at radius 1 is 1.04 bits per heavy atom. The molecule has 1 aromatic rings. The Labute approximate surface area is 149 Å². The van der Waals surface area contributed by atoms with Gasteiger partial charge in [0.15, 0.2) is 0 Å². The Morgan fingerprint density at radius 3 is 2.04 bits per heavy atom. The standard InChI is InChI=1S/C20H34O3Si/c1-6-20(15-21-16-20)13-10-14-24(22-17(2)3,23-18(4)5)19-11-8-7-9-12-19/h7-9,11-12,17-18H,6,10,13-16H2,1-5H3. The zero-order valence-electron chi connectivity index (χ0n) is 16.0. The van der Waals surface area contributed by atoms with E-state index in [2.05, 4.69) is 65.0 Å². The third-order valence-corrected chi connectivity index (χ3v) is 8.77. The molecule has 0 amide bonds. The van der Waals surface area contributed by atoms with E-state index in [-0.39, 0.29) is 12.2 Å². The summed E-state index contributed by atoms with van der Waals surface area (Å²) < 4.78 is 18.5. The average molecular weight is 351 g/mol. The molecule has 0 N–H and O–H groups in total. The van der Waals surface area contributed by atoms with Crippen molar-refractivity contribution >= 4 is 13.7 Å². The van der Waals surface area contributed by atoms with Gasteiger partial charge in [-0.15, -0.1) is 0 Å². The summed E-state index contributed by atoms with van der Waals surface area (Å²) in [5, 5.41) is 1.25. The minimum atomic E-state index is -2.44. The molecule has 1 saturated heterocycles. The summed E-state index contributed by atoms with van der Waals surface area (Å²) in [6.45, 7) is 12.6. The molecule has 24 heavy (non-hydrogen) atoms. The molecule has 0 radical (unpaired) electrons. The van der Waals surface area contributed by atoms with Crippen LogP contribution in [0.4, 0.5) is 0 Å². The van der Waals surface area contributed by atoms with Gasteiger partial charge in [0, 0.05) is 17.6 Å². The molecule has 1 aliphatic rings. The van der Waals surface area contributed by atoms with E-state index in [1.807, 2.05) is 0 Å². The minimum Gasteiger partial charge on any atom is -0.388 e. The lowest BCUT2D eigenvalue weighted by Gasteiger charge is -2.42. The molecule has 136 valence electrons. The first-order valence-corrected chi connectivity index (χ1v) is 11.4. The lowest BCUT2D eigenvalue weighted by Crippen LogP contribution is -2.56. The number of rotatable bonds is 10. The van der Waals surface area contributed by atoms with E-state index in [1.165, 1.54) is 18.0 Å². The second kappa shape index (κ2) is 8.61. The van der Waals surface area contributed by atoms with Crippen LogP contribution in [0, 0.1) is 5.41 Å². The first-order valence-electron chi connectivity index (χ1n) is 9.40. The minimum absolute atomic E-state index is 0.169. The van der Waals surface area contributed by atoms with Crippen LogP contribution in [0.1, 0.15) is 53.9 Å². The van der Waals surface area contributed by atoms with Gasteiger partial charge < -0.3 is 13.6 Å². The molecule has 4 heteroatoms. The van der Waals surface area contributed by atoms with Gasteiger partial charge in [0.2, 0.25) is 0 Å². The molecule has 1 heterocycles. The third-order valence-electron chi connectivity index (χ3n) is 4.85. The first-order chi connectivity index (χ1) is 11.4. The van der Waals surface area contributed by atoms with Crippen molar-refractivity contribution in [3.05, 3.63) is 30.3 Å². The topological polar surface area (TPSA) is 27.7 Å². The van der Waals surface area contributed by atoms with E-state index in [4.69, 9.17) is 13.6 Å². The van der Waals surface area contributed by atoms with E-state index in [9.17, 15) is 0 Å². The zero-order valence-corrected chi connectivity index (χ0v) is 17.0. The molecule has 1 aliphatic heterocycles. The van der Waals surface area contributed by atoms with Gasteiger partial charge in [-0.05, 0) is 51.8 Å². The molecular weight excluding hydrogens is 316 g/mol. The van der Waals surface area contributed by atoms with Gasteiger partial charge in [-0.25, -0.2) is 0 Å². The third kappa shape index (κ3) is 4.91. The van der Waals surface area contributed by atoms with E-state index >= 15 is 0 Å². The highest BCUT2D eigenvalue weighted by molar-refractivity contribution is 6.81. The molecule has 0 bridgehead atoms. The summed E-state index contributed by atoms with van der Waals surface area (Å²) in [5.74, 6) is 0. The first kappa shape index (κ1) is 19.6. The lowest BCUT2D eigenvalue weighted by atomic mass is 9.79. The molecule has 2 rings (SSSR count). The highest BCUT2D eigenvalue weighted by Gasteiger charge is 2.43. The van der Waals surface area contributed by atoms with Crippen LogP contribution in [0.25, 0.3) is 0 Å².